The minimum Gasteiger partial charge on any atom is -0.345 e. The van der Waals surface area contributed by atoms with Crippen LogP contribution in [0.3, 0.4) is 0 Å². The minimum atomic E-state index is -1.54. The molecule has 0 radical (unpaired) electrons. The number of hydrogen-bond donors (Lipinski definition) is 0. The standard InChI is InChI=1S/C16H21F3O2/c1-3-5-11-6-7-12(14(18)13(11)17)15-20-9-16(19,8-4-2)10-21-15/h6-7,15H,3-5,8-10H2,1-2H3. The lowest BCUT2D eigenvalue weighted by Gasteiger charge is -2.34. The van der Waals surface area contributed by atoms with Gasteiger partial charge in [0.05, 0.1) is 13.2 Å². The summed E-state index contributed by atoms with van der Waals surface area (Å²) in [7, 11) is 0. The minimum absolute atomic E-state index is 0.00842. The summed E-state index contributed by atoms with van der Waals surface area (Å²) in [5, 5.41) is 0. The highest BCUT2D eigenvalue weighted by molar-refractivity contribution is 5.27. The highest BCUT2D eigenvalue weighted by Crippen LogP contribution is 2.33. The molecule has 1 aromatic rings. The van der Waals surface area contributed by atoms with Crippen molar-refractivity contribution >= 4 is 0 Å². The Labute approximate surface area is 123 Å². The van der Waals surface area contributed by atoms with Crippen molar-refractivity contribution < 1.29 is 22.6 Å². The van der Waals surface area contributed by atoms with Gasteiger partial charge in [-0.2, -0.15) is 0 Å². The van der Waals surface area contributed by atoms with Crippen LogP contribution in [0.5, 0.6) is 0 Å². The zero-order chi connectivity index (χ0) is 15.5. The van der Waals surface area contributed by atoms with E-state index in [0.717, 1.165) is 6.42 Å². The number of aryl methyl sites for hydroxylation is 1. The summed E-state index contributed by atoms with van der Waals surface area (Å²) in [6.07, 6.45) is 1.15. The van der Waals surface area contributed by atoms with E-state index < -0.39 is 23.6 Å². The molecule has 0 spiro atoms. The number of alkyl halides is 1. The van der Waals surface area contributed by atoms with Crippen LogP contribution in [0.2, 0.25) is 0 Å². The van der Waals surface area contributed by atoms with Crippen molar-refractivity contribution in [3.05, 3.63) is 34.9 Å². The quantitative estimate of drug-likeness (QED) is 0.799. The maximum absolute atomic E-state index is 14.2. The third-order valence-corrected chi connectivity index (χ3v) is 3.65. The molecule has 0 unspecified atom stereocenters. The lowest BCUT2D eigenvalue weighted by atomic mass is 10.0. The largest absolute Gasteiger partial charge is 0.345 e. The molecule has 1 aromatic carbocycles. The van der Waals surface area contributed by atoms with E-state index in [1.54, 1.807) is 0 Å². The summed E-state index contributed by atoms with van der Waals surface area (Å²) in [5.74, 6) is -1.83. The van der Waals surface area contributed by atoms with E-state index in [1.165, 1.54) is 12.1 Å². The van der Waals surface area contributed by atoms with Gasteiger partial charge in [0, 0.05) is 5.56 Å². The molecule has 0 amide bonds. The normalized spacial score (nSPS) is 26.0. The van der Waals surface area contributed by atoms with Gasteiger partial charge in [0.1, 0.15) is 0 Å². The monoisotopic (exact) mass is 302 g/mol. The van der Waals surface area contributed by atoms with Crippen molar-refractivity contribution in [2.24, 2.45) is 0 Å². The first-order valence-corrected chi connectivity index (χ1v) is 7.39. The molecule has 0 bridgehead atoms. The van der Waals surface area contributed by atoms with Gasteiger partial charge in [-0.1, -0.05) is 38.8 Å². The Hall–Kier alpha value is -1.07. The molecule has 0 N–H and O–H groups in total. The number of rotatable bonds is 5. The zero-order valence-corrected chi connectivity index (χ0v) is 12.4. The molecular formula is C16H21F3O2. The van der Waals surface area contributed by atoms with Crippen molar-refractivity contribution in [3.63, 3.8) is 0 Å². The molecule has 1 fully saturated rings. The van der Waals surface area contributed by atoms with Gasteiger partial charge in [-0.3, -0.25) is 0 Å². The number of ether oxygens (including phenoxy) is 2. The van der Waals surface area contributed by atoms with E-state index in [-0.39, 0.29) is 18.8 Å². The van der Waals surface area contributed by atoms with Crippen LogP contribution in [0.25, 0.3) is 0 Å². The van der Waals surface area contributed by atoms with Gasteiger partial charge in [0.25, 0.3) is 0 Å². The fourth-order valence-corrected chi connectivity index (χ4v) is 2.56. The Morgan fingerprint density at radius 1 is 1.10 bits per heavy atom. The maximum atomic E-state index is 14.2. The molecule has 118 valence electrons. The lowest BCUT2D eigenvalue weighted by molar-refractivity contribution is -0.240. The predicted octanol–water partition coefficient (Wildman–Crippen LogP) is 4.47. The Bertz CT molecular complexity index is 483. The second-order valence-electron chi connectivity index (χ2n) is 5.55. The summed E-state index contributed by atoms with van der Waals surface area (Å²) in [6, 6.07) is 2.99. The molecule has 0 aromatic heterocycles. The molecule has 2 rings (SSSR count). The van der Waals surface area contributed by atoms with Crippen LogP contribution in [-0.4, -0.2) is 18.9 Å². The van der Waals surface area contributed by atoms with Crippen molar-refractivity contribution in [3.8, 4) is 0 Å². The van der Waals surface area contributed by atoms with Crippen molar-refractivity contribution in [1.29, 1.82) is 0 Å². The van der Waals surface area contributed by atoms with Gasteiger partial charge in [-0.25, -0.2) is 13.2 Å². The fourth-order valence-electron chi connectivity index (χ4n) is 2.56. The van der Waals surface area contributed by atoms with Gasteiger partial charge in [0.2, 0.25) is 0 Å². The first-order valence-electron chi connectivity index (χ1n) is 7.39. The van der Waals surface area contributed by atoms with Crippen LogP contribution in [0.4, 0.5) is 13.2 Å². The molecule has 1 saturated heterocycles. The number of hydrogen-bond acceptors (Lipinski definition) is 2. The van der Waals surface area contributed by atoms with Crippen LogP contribution in [0, 0.1) is 11.6 Å². The third-order valence-electron chi connectivity index (χ3n) is 3.65. The van der Waals surface area contributed by atoms with Gasteiger partial charge in [-0.15, -0.1) is 0 Å². The molecule has 1 aliphatic rings. The summed E-state index contributed by atoms with van der Waals surface area (Å²) < 4.78 is 52.7. The van der Waals surface area contributed by atoms with Crippen molar-refractivity contribution in [1.82, 2.24) is 0 Å². The third kappa shape index (κ3) is 3.58. The summed E-state index contributed by atoms with van der Waals surface area (Å²) in [5.41, 5.74) is -1.21. The first kappa shape index (κ1) is 16.3. The Morgan fingerprint density at radius 3 is 2.33 bits per heavy atom. The number of halogens is 3. The van der Waals surface area contributed by atoms with E-state index >= 15 is 0 Å². The topological polar surface area (TPSA) is 18.5 Å². The van der Waals surface area contributed by atoms with Crippen LogP contribution >= 0.6 is 0 Å². The molecule has 2 nitrogen and oxygen atoms in total. The predicted molar refractivity (Wildman–Crippen MR) is 73.7 cm³/mol. The first-order chi connectivity index (χ1) is 10.0. The Morgan fingerprint density at radius 2 is 1.76 bits per heavy atom. The van der Waals surface area contributed by atoms with Crippen LogP contribution in [-0.2, 0) is 15.9 Å². The van der Waals surface area contributed by atoms with Gasteiger partial charge in [-0.05, 0) is 18.4 Å². The molecule has 0 saturated carbocycles. The zero-order valence-electron chi connectivity index (χ0n) is 12.4. The SMILES string of the molecule is CCCc1ccc(C2OCC(F)(CCC)CO2)c(F)c1F. The molecule has 21 heavy (non-hydrogen) atoms. The van der Waals surface area contributed by atoms with E-state index in [2.05, 4.69) is 0 Å². The Balaban J connectivity index is 2.12. The maximum Gasteiger partial charge on any atom is 0.187 e. The Kier molecular flexibility index (Phi) is 5.27. The van der Waals surface area contributed by atoms with E-state index in [4.69, 9.17) is 9.47 Å². The number of benzene rings is 1. The van der Waals surface area contributed by atoms with Crippen LogP contribution in [0.15, 0.2) is 12.1 Å². The fraction of sp³-hybridized carbons (Fsp3) is 0.625. The smallest absolute Gasteiger partial charge is 0.187 e. The van der Waals surface area contributed by atoms with E-state index in [0.29, 0.717) is 24.8 Å². The average Bonchev–Trinajstić information content (AvgIpc) is 2.46. The molecule has 1 heterocycles. The van der Waals surface area contributed by atoms with E-state index in [1.807, 2.05) is 13.8 Å². The second kappa shape index (κ2) is 6.79. The van der Waals surface area contributed by atoms with Crippen molar-refractivity contribution in [2.75, 3.05) is 13.2 Å². The average molecular weight is 302 g/mol. The summed E-state index contributed by atoms with van der Waals surface area (Å²) >= 11 is 0. The van der Waals surface area contributed by atoms with Crippen LogP contribution in [0.1, 0.15) is 50.5 Å². The van der Waals surface area contributed by atoms with Gasteiger partial charge in [0.15, 0.2) is 23.6 Å². The highest BCUT2D eigenvalue weighted by atomic mass is 19.2. The molecule has 0 atom stereocenters. The summed E-state index contributed by atoms with van der Waals surface area (Å²) in [4.78, 5) is 0. The van der Waals surface area contributed by atoms with Gasteiger partial charge >= 0.3 is 0 Å². The molecular weight excluding hydrogens is 281 g/mol. The second-order valence-corrected chi connectivity index (χ2v) is 5.55. The van der Waals surface area contributed by atoms with Gasteiger partial charge < -0.3 is 9.47 Å². The molecule has 1 aliphatic heterocycles. The van der Waals surface area contributed by atoms with Crippen LogP contribution < -0.4 is 0 Å². The summed E-state index contributed by atoms with van der Waals surface area (Å²) in [6.45, 7) is 3.44. The lowest BCUT2D eigenvalue weighted by Crippen LogP contribution is -2.41. The van der Waals surface area contributed by atoms with E-state index in [9.17, 15) is 13.2 Å². The highest BCUT2D eigenvalue weighted by Gasteiger charge is 2.37. The molecule has 0 aliphatic carbocycles. The van der Waals surface area contributed by atoms with Crippen molar-refractivity contribution in [2.45, 2.75) is 51.5 Å². The molecule has 5 heteroatoms.